The maximum absolute atomic E-state index is 11.0. The van der Waals surface area contributed by atoms with Gasteiger partial charge < -0.3 is 14.8 Å². The molecule has 13 heavy (non-hydrogen) atoms. The molecule has 0 aliphatic carbocycles. The van der Waals surface area contributed by atoms with E-state index in [0.717, 1.165) is 6.20 Å². The Balaban J connectivity index is 3.06. The van der Waals surface area contributed by atoms with Gasteiger partial charge in [0.15, 0.2) is 0 Å². The van der Waals surface area contributed by atoms with E-state index in [9.17, 15) is 9.59 Å². The molecule has 70 valence electrons. The van der Waals surface area contributed by atoms with Crippen molar-refractivity contribution in [2.45, 2.75) is 6.61 Å². The van der Waals surface area contributed by atoms with Gasteiger partial charge in [0.2, 0.25) is 0 Å². The lowest BCUT2D eigenvalue weighted by molar-refractivity contribution is 0.0694. The lowest BCUT2D eigenvalue weighted by Gasteiger charge is -1.98. The summed E-state index contributed by atoms with van der Waals surface area (Å²) >= 11 is 0. The van der Waals surface area contributed by atoms with Crippen molar-refractivity contribution in [1.29, 1.82) is 0 Å². The molecule has 2 N–H and O–H groups in total. The average molecular weight is 184 g/mol. The van der Waals surface area contributed by atoms with Gasteiger partial charge in [0.05, 0.1) is 0 Å². The van der Waals surface area contributed by atoms with Crippen molar-refractivity contribution in [2.75, 3.05) is 7.11 Å². The predicted octanol–water partition coefficient (Wildman–Crippen LogP) is -0.385. The van der Waals surface area contributed by atoms with E-state index < -0.39 is 11.5 Å². The van der Waals surface area contributed by atoms with Gasteiger partial charge in [-0.15, -0.1) is 0 Å². The number of methoxy groups -OCH3 is 1. The van der Waals surface area contributed by atoms with Gasteiger partial charge in [-0.25, -0.2) is 9.78 Å². The third kappa shape index (κ3) is 2.12. The monoisotopic (exact) mass is 184 g/mol. The molecule has 0 saturated carbocycles. The van der Waals surface area contributed by atoms with Crippen molar-refractivity contribution in [2.24, 2.45) is 0 Å². The second-order valence-electron chi connectivity index (χ2n) is 2.31. The second kappa shape index (κ2) is 3.81. The van der Waals surface area contributed by atoms with Crippen LogP contribution in [0.3, 0.4) is 0 Å². The number of rotatable bonds is 3. The number of hydrogen-bond acceptors (Lipinski definition) is 4. The molecule has 0 aliphatic rings. The van der Waals surface area contributed by atoms with E-state index in [4.69, 9.17) is 9.84 Å². The Morgan fingerprint density at radius 1 is 1.77 bits per heavy atom. The Morgan fingerprint density at radius 3 is 2.92 bits per heavy atom. The maximum atomic E-state index is 11.0. The topological polar surface area (TPSA) is 92.3 Å². The van der Waals surface area contributed by atoms with Crippen molar-refractivity contribution in [3.05, 3.63) is 27.9 Å². The van der Waals surface area contributed by atoms with E-state index in [1.807, 2.05) is 0 Å². The van der Waals surface area contributed by atoms with Gasteiger partial charge in [0.25, 0.3) is 5.56 Å². The minimum absolute atomic E-state index is 0.148. The fourth-order valence-electron chi connectivity index (χ4n) is 0.794. The van der Waals surface area contributed by atoms with Gasteiger partial charge in [0, 0.05) is 13.3 Å². The van der Waals surface area contributed by atoms with Crippen LogP contribution < -0.4 is 5.56 Å². The summed E-state index contributed by atoms with van der Waals surface area (Å²) in [6, 6.07) is 0. The number of ether oxygens (including phenoxy) is 1. The van der Waals surface area contributed by atoms with Crippen LogP contribution in [0.25, 0.3) is 0 Å². The number of nitrogens with one attached hydrogen (secondary N) is 1. The molecule has 1 aromatic rings. The van der Waals surface area contributed by atoms with Gasteiger partial charge >= 0.3 is 5.97 Å². The first-order chi connectivity index (χ1) is 6.15. The molecule has 0 aliphatic heterocycles. The first kappa shape index (κ1) is 9.40. The molecule has 0 spiro atoms. The summed E-state index contributed by atoms with van der Waals surface area (Å²) < 4.78 is 4.70. The smallest absolute Gasteiger partial charge is 0.342 e. The second-order valence-corrected chi connectivity index (χ2v) is 2.31. The molecule has 1 aromatic heterocycles. The van der Waals surface area contributed by atoms with Crippen molar-refractivity contribution in [3.63, 3.8) is 0 Å². The van der Waals surface area contributed by atoms with Gasteiger partial charge in [-0.1, -0.05) is 0 Å². The molecule has 0 unspecified atom stereocenters. The van der Waals surface area contributed by atoms with Crippen LogP contribution in [-0.2, 0) is 11.3 Å². The van der Waals surface area contributed by atoms with Crippen LogP contribution in [0.5, 0.6) is 0 Å². The zero-order chi connectivity index (χ0) is 9.84. The van der Waals surface area contributed by atoms with E-state index in [2.05, 4.69) is 9.97 Å². The van der Waals surface area contributed by atoms with E-state index in [1.165, 1.54) is 7.11 Å². The summed E-state index contributed by atoms with van der Waals surface area (Å²) in [6.45, 7) is 0.148. The first-order valence-electron chi connectivity index (χ1n) is 3.45. The van der Waals surface area contributed by atoms with Crippen LogP contribution in [0.1, 0.15) is 16.2 Å². The summed E-state index contributed by atoms with van der Waals surface area (Å²) in [7, 11) is 1.45. The summed E-state index contributed by atoms with van der Waals surface area (Å²) in [5.41, 5.74) is -1.05. The van der Waals surface area contributed by atoms with Crippen LogP contribution in [0.2, 0.25) is 0 Å². The highest BCUT2D eigenvalue weighted by Gasteiger charge is 2.08. The van der Waals surface area contributed by atoms with E-state index in [-0.39, 0.29) is 12.2 Å². The number of nitrogens with zero attached hydrogens (tertiary/aromatic N) is 1. The van der Waals surface area contributed by atoms with Gasteiger partial charge in [-0.05, 0) is 0 Å². The molecule has 0 atom stereocenters. The van der Waals surface area contributed by atoms with Gasteiger partial charge in [-0.2, -0.15) is 0 Å². The van der Waals surface area contributed by atoms with E-state index in [1.54, 1.807) is 0 Å². The van der Waals surface area contributed by atoms with E-state index in [0.29, 0.717) is 5.82 Å². The Morgan fingerprint density at radius 2 is 2.46 bits per heavy atom. The third-order valence-electron chi connectivity index (χ3n) is 1.36. The number of carbonyl (C=O) groups is 1. The molecule has 0 aromatic carbocycles. The number of hydrogen-bond donors (Lipinski definition) is 2. The quantitative estimate of drug-likeness (QED) is 0.667. The Labute approximate surface area is 73.2 Å². The predicted molar refractivity (Wildman–Crippen MR) is 42.5 cm³/mol. The normalized spacial score (nSPS) is 9.92. The highest BCUT2D eigenvalue weighted by molar-refractivity contribution is 5.86. The fourth-order valence-corrected chi connectivity index (χ4v) is 0.794. The van der Waals surface area contributed by atoms with Crippen molar-refractivity contribution in [1.82, 2.24) is 9.97 Å². The molecule has 0 amide bonds. The Kier molecular flexibility index (Phi) is 2.76. The largest absolute Gasteiger partial charge is 0.477 e. The number of aromatic amines is 1. The van der Waals surface area contributed by atoms with Crippen molar-refractivity contribution >= 4 is 5.97 Å². The van der Waals surface area contributed by atoms with Crippen LogP contribution in [0.4, 0.5) is 0 Å². The highest BCUT2D eigenvalue weighted by atomic mass is 16.5. The van der Waals surface area contributed by atoms with Crippen molar-refractivity contribution < 1.29 is 14.6 Å². The number of carboxylic acids is 1. The Bertz CT molecular complexity index is 371. The number of aromatic nitrogens is 2. The number of H-pyrrole nitrogens is 1. The van der Waals surface area contributed by atoms with Crippen LogP contribution in [0.15, 0.2) is 11.0 Å². The molecular weight excluding hydrogens is 176 g/mol. The minimum atomic E-state index is -1.29. The maximum Gasteiger partial charge on any atom is 0.342 e. The van der Waals surface area contributed by atoms with Gasteiger partial charge in [-0.3, -0.25) is 4.79 Å². The molecule has 0 fully saturated rings. The summed E-state index contributed by atoms with van der Waals surface area (Å²) in [4.78, 5) is 27.4. The minimum Gasteiger partial charge on any atom is -0.477 e. The molecule has 1 heterocycles. The van der Waals surface area contributed by atoms with Crippen LogP contribution >= 0.6 is 0 Å². The molecule has 0 radical (unpaired) electrons. The summed E-state index contributed by atoms with van der Waals surface area (Å²) in [5.74, 6) is -0.991. The molecule has 6 nitrogen and oxygen atoms in total. The SMILES string of the molecule is COCc1ncc(C(=O)O)c(=O)[nH]1. The average Bonchev–Trinajstić information content (AvgIpc) is 2.04. The third-order valence-corrected chi connectivity index (χ3v) is 1.36. The zero-order valence-electron chi connectivity index (χ0n) is 6.90. The summed E-state index contributed by atoms with van der Waals surface area (Å²) in [6.07, 6.45) is 1.01. The van der Waals surface area contributed by atoms with Crippen LogP contribution in [-0.4, -0.2) is 28.2 Å². The standard InChI is InChI=1S/C7H8N2O4/c1-13-3-5-8-2-4(7(11)12)6(10)9-5/h2H,3H2,1H3,(H,11,12)(H,8,9,10). The number of aromatic carboxylic acids is 1. The highest BCUT2D eigenvalue weighted by Crippen LogP contribution is 1.91. The first-order valence-corrected chi connectivity index (χ1v) is 3.45. The van der Waals surface area contributed by atoms with E-state index >= 15 is 0 Å². The molecule has 1 rings (SSSR count). The lowest BCUT2D eigenvalue weighted by atomic mass is 10.3. The van der Waals surface area contributed by atoms with Crippen molar-refractivity contribution in [3.8, 4) is 0 Å². The molecule has 0 saturated heterocycles. The van der Waals surface area contributed by atoms with Crippen LogP contribution in [0, 0.1) is 0 Å². The Hall–Kier alpha value is -1.69. The summed E-state index contributed by atoms with van der Waals surface area (Å²) in [5, 5.41) is 8.50. The lowest BCUT2D eigenvalue weighted by Crippen LogP contribution is -2.20. The zero-order valence-corrected chi connectivity index (χ0v) is 6.90. The molecular formula is C7H8N2O4. The number of carboxylic acid groups (broad SMARTS) is 1. The molecule has 0 bridgehead atoms. The molecule has 6 heteroatoms. The fraction of sp³-hybridized carbons (Fsp3) is 0.286. The van der Waals surface area contributed by atoms with Gasteiger partial charge in [0.1, 0.15) is 18.0 Å².